The molecule has 0 saturated heterocycles. The van der Waals surface area contributed by atoms with Crippen LogP contribution in [0.4, 0.5) is 0 Å². The third-order valence-corrected chi connectivity index (χ3v) is 3.35. The highest BCUT2D eigenvalue weighted by Crippen LogP contribution is 2.43. The van der Waals surface area contributed by atoms with Crippen molar-refractivity contribution in [3.8, 4) is 5.75 Å². The second-order valence-corrected chi connectivity index (χ2v) is 5.55. The largest absolute Gasteiger partial charge is 0.493 e. The van der Waals surface area contributed by atoms with Crippen molar-refractivity contribution in [3.05, 3.63) is 29.3 Å². The molecule has 1 aliphatic heterocycles. The minimum absolute atomic E-state index is 0.0899. The molecular formula is C11H13BrO. The maximum absolute atomic E-state index is 5.58. The van der Waals surface area contributed by atoms with Crippen LogP contribution in [-0.4, -0.2) is 6.61 Å². The van der Waals surface area contributed by atoms with Gasteiger partial charge in [-0.1, -0.05) is 33.6 Å². The molecule has 0 saturated carbocycles. The first kappa shape index (κ1) is 9.07. The summed E-state index contributed by atoms with van der Waals surface area (Å²) in [4.78, 5) is 0. The Morgan fingerprint density at radius 2 is 2.23 bits per heavy atom. The van der Waals surface area contributed by atoms with E-state index in [1.54, 1.807) is 0 Å². The fourth-order valence-electron chi connectivity index (χ4n) is 1.66. The fourth-order valence-corrected chi connectivity index (χ4v) is 2.14. The number of aryl methyl sites for hydroxylation is 1. The van der Waals surface area contributed by atoms with Crippen molar-refractivity contribution in [3.63, 3.8) is 0 Å². The van der Waals surface area contributed by atoms with E-state index in [1.165, 1.54) is 11.1 Å². The van der Waals surface area contributed by atoms with Gasteiger partial charge >= 0.3 is 0 Å². The summed E-state index contributed by atoms with van der Waals surface area (Å²) in [6.45, 7) is 5.11. The molecule has 0 amide bonds. The van der Waals surface area contributed by atoms with Crippen LogP contribution in [0.5, 0.6) is 5.75 Å². The lowest BCUT2D eigenvalue weighted by Gasteiger charge is -2.30. The van der Waals surface area contributed by atoms with E-state index in [9.17, 15) is 0 Å². The average molecular weight is 241 g/mol. The van der Waals surface area contributed by atoms with Crippen molar-refractivity contribution in [2.24, 2.45) is 0 Å². The number of halogens is 1. The third-order valence-electron chi connectivity index (χ3n) is 2.53. The normalized spacial score (nSPS) is 26.4. The predicted octanol–water partition coefficient (Wildman–Crippen LogP) is 3.39. The molecule has 0 aromatic heterocycles. The maximum Gasteiger partial charge on any atom is 0.123 e. The Balaban J connectivity index is 2.55. The minimum Gasteiger partial charge on any atom is -0.493 e. The van der Waals surface area contributed by atoms with Crippen LogP contribution in [0.25, 0.3) is 0 Å². The fraction of sp³-hybridized carbons (Fsp3) is 0.455. The Labute approximate surface area is 87.2 Å². The molecule has 1 aromatic carbocycles. The van der Waals surface area contributed by atoms with Gasteiger partial charge in [-0.25, -0.2) is 0 Å². The quantitative estimate of drug-likeness (QED) is 0.632. The van der Waals surface area contributed by atoms with Crippen LogP contribution in [0.1, 0.15) is 24.5 Å². The van der Waals surface area contributed by atoms with Crippen LogP contribution < -0.4 is 4.74 Å². The molecule has 0 radical (unpaired) electrons. The van der Waals surface area contributed by atoms with Gasteiger partial charge in [0.25, 0.3) is 0 Å². The van der Waals surface area contributed by atoms with E-state index in [1.807, 2.05) is 0 Å². The van der Waals surface area contributed by atoms with Gasteiger partial charge in [0.15, 0.2) is 0 Å². The number of alkyl halides is 1. The lowest BCUT2D eigenvalue weighted by atomic mass is 9.93. The molecule has 2 rings (SSSR count). The van der Waals surface area contributed by atoms with Crippen LogP contribution in [0, 0.1) is 6.92 Å². The van der Waals surface area contributed by atoms with Gasteiger partial charge in [0.05, 0.1) is 10.9 Å². The van der Waals surface area contributed by atoms with Crippen LogP contribution >= 0.6 is 15.9 Å². The highest BCUT2D eigenvalue weighted by molar-refractivity contribution is 9.09. The molecule has 2 heteroatoms. The summed E-state index contributed by atoms with van der Waals surface area (Å²) in [7, 11) is 0. The Bertz CT molecular complexity index is 331. The molecule has 13 heavy (non-hydrogen) atoms. The molecule has 0 bridgehead atoms. The molecule has 70 valence electrons. The minimum atomic E-state index is 0.0899. The van der Waals surface area contributed by atoms with Gasteiger partial charge in [0, 0.05) is 12.0 Å². The first-order valence-electron chi connectivity index (χ1n) is 4.52. The van der Waals surface area contributed by atoms with Crippen molar-refractivity contribution in [1.29, 1.82) is 0 Å². The summed E-state index contributed by atoms with van der Waals surface area (Å²) in [6, 6.07) is 6.35. The summed E-state index contributed by atoms with van der Waals surface area (Å²) in [5, 5.41) is 0. The zero-order valence-corrected chi connectivity index (χ0v) is 9.52. The second-order valence-electron chi connectivity index (χ2n) is 3.80. The number of benzene rings is 1. The molecular weight excluding hydrogens is 228 g/mol. The predicted molar refractivity (Wildman–Crippen MR) is 57.6 cm³/mol. The highest BCUT2D eigenvalue weighted by Gasteiger charge is 2.30. The van der Waals surface area contributed by atoms with Gasteiger partial charge in [0.1, 0.15) is 5.75 Å². The third kappa shape index (κ3) is 1.60. The van der Waals surface area contributed by atoms with Crippen molar-refractivity contribution < 1.29 is 4.74 Å². The monoisotopic (exact) mass is 240 g/mol. The Morgan fingerprint density at radius 3 is 3.00 bits per heavy atom. The molecule has 0 aliphatic carbocycles. The molecule has 0 N–H and O–H groups in total. The van der Waals surface area contributed by atoms with Crippen LogP contribution in [-0.2, 0) is 4.32 Å². The standard InChI is InChI=1S/C11H13BrO/c1-8-3-4-10-9(7-8)11(2,12)5-6-13-10/h3-4,7H,5-6H2,1-2H3. The SMILES string of the molecule is Cc1ccc2c(c1)C(C)(Br)CCO2. The zero-order chi connectivity index (χ0) is 9.47. The molecule has 1 unspecified atom stereocenters. The molecule has 0 fully saturated rings. The molecule has 1 atom stereocenters. The number of ether oxygens (including phenoxy) is 1. The molecule has 1 aliphatic rings. The average Bonchev–Trinajstić information content (AvgIpc) is 2.06. The Hall–Kier alpha value is -0.500. The van der Waals surface area contributed by atoms with E-state index in [0.29, 0.717) is 0 Å². The van der Waals surface area contributed by atoms with Crippen molar-refractivity contribution in [2.45, 2.75) is 24.6 Å². The smallest absolute Gasteiger partial charge is 0.123 e. The Kier molecular flexibility index (Phi) is 2.11. The number of hydrogen-bond donors (Lipinski definition) is 0. The van der Waals surface area contributed by atoms with E-state index in [-0.39, 0.29) is 4.32 Å². The van der Waals surface area contributed by atoms with Crippen molar-refractivity contribution in [2.75, 3.05) is 6.61 Å². The summed E-state index contributed by atoms with van der Waals surface area (Å²) in [5.41, 5.74) is 2.56. The molecule has 1 aromatic rings. The van der Waals surface area contributed by atoms with Gasteiger partial charge in [-0.15, -0.1) is 0 Å². The zero-order valence-electron chi connectivity index (χ0n) is 7.93. The topological polar surface area (TPSA) is 9.23 Å². The van der Waals surface area contributed by atoms with Crippen molar-refractivity contribution >= 4 is 15.9 Å². The van der Waals surface area contributed by atoms with E-state index in [0.717, 1.165) is 18.8 Å². The van der Waals surface area contributed by atoms with Crippen LogP contribution in [0.2, 0.25) is 0 Å². The second kappa shape index (κ2) is 3.02. The van der Waals surface area contributed by atoms with Gasteiger partial charge in [-0.2, -0.15) is 0 Å². The van der Waals surface area contributed by atoms with Gasteiger partial charge < -0.3 is 4.74 Å². The number of hydrogen-bond acceptors (Lipinski definition) is 1. The highest BCUT2D eigenvalue weighted by atomic mass is 79.9. The molecule has 1 heterocycles. The lowest BCUT2D eigenvalue weighted by molar-refractivity contribution is 0.264. The molecule has 1 nitrogen and oxygen atoms in total. The number of rotatable bonds is 0. The number of fused-ring (bicyclic) bond motifs is 1. The summed E-state index contributed by atoms with van der Waals surface area (Å²) < 4.78 is 5.67. The maximum atomic E-state index is 5.58. The summed E-state index contributed by atoms with van der Waals surface area (Å²) in [5.74, 6) is 1.02. The summed E-state index contributed by atoms with van der Waals surface area (Å²) in [6.07, 6.45) is 1.03. The van der Waals surface area contributed by atoms with Gasteiger partial charge in [-0.3, -0.25) is 0 Å². The van der Waals surface area contributed by atoms with E-state index in [2.05, 4.69) is 48.0 Å². The first-order valence-corrected chi connectivity index (χ1v) is 5.32. The first-order chi connectivity index (χ1) is 6.09. The molecule has 0 spiro atoms. The lowest BCUT2D eigenvalue weighted by Crippen LogP contribution is -2.23. The van der Waals surface area contributed by atoms with E-state index >= 15 is 0 Å². The van der Waals surface area contributed by atoms with E-state index in [4.69, 9.17) is 4.74 Å². The van der Waals surface area contributed by atoms with E-state index < -0.39 is 0 Å². The van der Waals surface area contributed by atoms with Gasteiger partial charge in [0.2, 0.25) is 0 Å². The van der Waals surface area contributed by atoms with Crippen LogP contribution in [0.15, 0.2) is 18.2 Å². The van der Waals surface area contributed by atoms with Crippen LogP contribution in [0.3, 0.4) is 0 Å². The Morgan fingerprint density at radius 1 is 1.46 bits per heavy atom. The van der Waals surface area contributed by atoms with Gasteiger partial charge in [-0.05, 0) is 19.9 Å². The van der Waals surface area contributed by atoms with Crippen molar-refractivity contribution in [1.82, 2.24) is 0 Å². The summed E-state index contributed by atoms with van der Waals surface area (Å²) >= 11 is 3.75.